The summed E-state index contributed by atoms with van der Waals surface area (Å²) < 4.78 is 29.9. The van der Waals surface area contributed by atoms with Gasteiger partial charge in [0.1, 0.15) is 23.4 Å². The van der Waals surface area contributed by atoms with Crippen molar-refractivity contribution in [3.8, 4) is 0 Å². The van der Waals surface area contributed by atoms with Crippen LogP contribution in [-0.2, 0) is 28.5 Å². The van der Waals surface area contributed by atoms with Crippen LogP contribution in [0.2, 0.25) is 0 Å². The number of hydrogen-bond donors (Lipinski definition) is 1. The summed E-state index contributed by atoms with van der Waals surface area (Å²) in [4.78, 5) is 25.9. The van der Waals surface area contributed by atoms with Crippen LogP contribution in [0.25, 0.3) is 0 Å². The fraction of sp³-hybridized carbons (Fsp3) is 0.889. The normalized spacial score (nSPS) is 39.7. The third-order valence-electron chi connectivity index (χ3n) is 5.43. The van der Waals surface area contributed by atoms with Crippen molar-refractivity contribution in [2.45, 2.75) is 76.0 Å². The van der Waals surface area contributed by atoms with E-state index in [1.807, 2.05) is 13.8 Å². The van der Waals surface area contributed by atoms with Gasteiger partial charge in [0.05, 0.1) is 19.8 Å². The topological polar surface area (TPSA) is 95.6 Å². The standard InChI is InChI=1S/C18H28N2O7/c1-15(2,3)27-14(22)19-8-17-9-24-18(10-23-17,20-7-6-11(20)21)13-12(17)25-16(4,5)26-13/h12-13H,6-10H2,1-5H3,(H,19,22)/t12-,13+,17+,18?/m1/s1. The Balaban J connectivity index is 1.54. The number of carbonyl (C=O) groups excluding carboxylic acids is 2. The van der Waals surface area contributed by atoms with Gasteiger partial charge in [-0.15, -0.1) is 0 Å². The molecule has 5 aliphatic heterocycles. The smallest absolute Gasteiger partial charge is 0.407 e. The van der Waals surface area contributed by atoms with E-state index in [9.17, 15) is 9.59 Å². The van der Waals surface area contributed by atoms with E-state index in [0.717, 1.165) is 0 Å². The van der Waals surface area contributed by atoms with Crippen molar-refractivity contribution in [3.63, 3.8) is 0 Å². The van der Waals surface area contributed by atoms with Gasteiger partial charge in [0.15, 0.2) is 11.5 Å². The minimum Gasteiger partial charge on any atom is -0.444 e. The Kier molecular flexibility index (Phi) is 4.06. The molecule has 0 aromatic carbocycles. The predicted molar refractivity (Wildman–Crippen MR) is 91.8 cm³/mol. The minimum atomic E-state index is -0.971. The molecule has 152 valence electrons. The lowest BCUT2D eigenvalue weighted by Crippen LogP contribution is -2.82. The van der Waals surface area contributed by atoms with Gasteiger partial charge in [-0.1, -0.05) is 0 Å². The summed E-state index contributed by atoms with van der Waals surface area (Å²) in [6.07, 6.45) is -0.994. The molecule has 5 fully saturated rings. The van der Waals surface area contributed by atoms with Crippen molar-refractivity contribution >= 4 is 12.0 Å². The van der Waals surface area contributed by atoms with Crippen LogP contribution < -0.4 is 5.32 Å². The largest absolute Gasteiger partial charge is 0.444 e. The Morgan fingerprint density at radius 2 is 1.93 bits per heavy atom. The molecule has 0 radical (unpaired) electrons. The van der Waals surface area contributed by atoms with E-state index in [-0.39, 0.29) is 25.7 Å². The Labute approximate surface area is 158 Å². The first-order chi connectivity index (χ1) is 12.5. The Bertz CT molecular complexity index is 649. The second kappa shape index (κ2) is 5.79. The number of nitrogens with one attached hydrogen (secondary N) is 1. The highest BCUT2D eigenvalue weighted by Gasteiger charge is 2.72. The first-order valence-electron chi connectivity index (χ1n) is 9.37. The second-order valence-corrected chi connectivity index (χ2v) is 9.11. The van der Waals surface area contributed by atoms with Gasteiger partial charge in [-0.3, -0.25) is 4.79 Å². The molecular weight excluding hydrogens is 356 g/mol. The van der Waals surface area contributed by atoms with Gasteiger partial charge >= 0.3 is 6.09 Å². The molecule has 0 spiro atoms. The number of nitrogens with zero attached hydrogens (tertiary/aromatic N) is 1. The zero-order valence-electron chi connectivity index (χ0n) is 16.5. The maximum Gasteiger partial charge on any atom is 0.407 e. The highest BCUT2D eigenvalue weighted by molar-refractivity contribution is 5.82. The lowest BCUT2D eigenvalue weighted by Gasteiger charge is -2.61. The molecule has 2 amide bonds. The number of alkyl carbamates (subject to hydrolysis) is 1. The van der Waals surface area contributed by atoms with Crippen LogP contribution in [0.4, 0.5) is 4.79 Å². The third kappa shape index (κ3) is 3.00. The summed E-state index contributed by atoms with van der Waals surface area (Å²) in [5, 5.41) is 2.76. The number of β-lactam (4-membered cyclic amide) rings is 1. The fourth-order valence-corrected chi connectivity index (χ4v) is 4.14. The molecule has 0 aromatic heterocycles. The summed E-state index contributed by atoms with van der Waals surface area (Å²) in [6, 6.07) is 0. The fourth-order valence-electron chi connectivity index (χ4n) is 4.14. The van der Waals surface area contributed by atoms with Crippen molar-refractivity contribution in [2.75, 3.05) is 26.3 Å². The zero-order chi connectivity index (χ0) is 19.7. The first-order valence-corrected chi connectivity index (χ1v) is 9.37. The number of hydrogen-bond acceptors (Lipinski definition) is 7. The Morgan fingerprint density at radius 3 is 2.44 bits per heavy atom. The molecule has 5 aliphatic rings. The highest BCUT2D eigenvalue weighted by atomic mass is 16.8. The van der Waals surface area contributed by atoms with E-state index in [1.54, 1.807) is 25.7 Å². The van der Waals surface area contributed by atoms with Crippen LogP contribution in [0.15, 0.2) is 0 Å². The van der Waals surface area contributed by atoms with E-state index in [2.05, 4.69) is 5.32 Å². The van der Waals surface area contributed by atoms with Crippen molar-refractivity contribution < 1.29 is 33.3 Å². The number of carbonyl (C=O) groups is 2. The van der Waals surface area contributed by atoms with Crippen molar-refractivity contribution in [2.24, 2.45) is 0 Å². The predicted octanol–water partition coefficient (Wildman–Crippen LogP) is 0.759. The highest BCUT2D eigenvalue weighted by Crippen LogP contribution is 2.51. The molecule has 5 saturated heterocycles. The maximum atomic E-state index is 12.1. The molecule has 9 nitrogen and oxygen atoms in total. The van der Waals surface area contributed by atoms with E-state index < -0.39 is 41.0 Å². The van der Waals surface area contributed by atoms with E-state index in [1.165, 1.54) is 0 Å². The van der Waals surface area contributed by atoms with Crippen molar-refractivity contribution in [1.82, 2.24) is 10.2 Å². The summed E-state index contributed by atoms with van der Waals surface area (Å²) in [7, 11) is 0. The monoisotopic (exact) mass is 384 g/mol. The van der Waals surface area contributed by atoms with E-state index >= 15 is 0 Å². The van der Waals surface area contributed by atoms with E-state index in [0.29, 0.717) is 13.0 Å². The average Bonchev–Trinajstić information content (AvgIpc) is 2.89. The van der Waals surface area contributed by atoms with Gasteiger partial charge in [-0.2, -0.15) is 0 Å². The summed E-state index contributed by atoms with van der Waals surface area (Å²) in [5.41, 5.74) is -2.46. The lowest BCUT2D eigenvalue weighted by molar-refractivity contribution is -0.368. The van der Waals surface area contributed by atoms with E-state index in [4.69, 9.17) is 23.7 Å². The maximum absolute atomic E-state index is 12.1. The minimum absolute atomic E-state index is 0.0203. The Hall–Kier alpha value is -1.42. The van der Waals surface area contributed by atoms with Crippen LogP contribution in [0, 0.1) is 0 Å². The van der Waals surface area contributed by atoms with Gasteiger partial charge < -0.3 is 33.9 Å². The van der Waals surface area contributed by atoms with Crippen molar-refractivity contribution in [1.29, 1.82) is 0 Å². The number of fused-ring (bicyclic) bond motifs is 2. The number of amides is 2. The SMILES string of the molecule is CC(C)(C)OC(=O)NC[C@@]12COC(N3CCC3=O)(CO1)[C@H]1OC(C)(C)O[C@H]12. The van der Waals surface area contributed by atoms with Crippen LogP contribution in [0.3, 0.4) is 0 Å². The summed E-state index contributed by atoms with van der Waals surface area (Å²) >= 11 is 0. The molecule has 0 saturated carbocycles. The van der Waals surface area contributed by atoms with Gasteiger partial charge in [-0.25, -0.2) is 4.79 Å². The number of likely N-dealkylation sites (tertiary alicyclic amines) is 1. The Morgan fingerprint density at radius 1 is 1.22 bits per heavy atom. The van der Waals surface area contributed by atoms with Gasteiger partial charge in [0.25, 0.3) is 0 Å². The molecule has 27 heavy (non-hydrogen) atoms. The van der Waals surface area contributed by atoms with Crippen LogP contribution in [0.5, 0.6) is 0 Å². The molecule has 5 heterocycles. The zero-order valence-corrected chi connectivity index (χ0v) is 16.5. The summed E-state index contributed by atoms with van der Waals surface area (Å²) in [6.45, 7) is 10.2. The molecule has 0 aliphatic carbocycles. The average molecular weight is 384 g/mol. The second-order valence-electron chi connectivity index (χ2n) is 9.11. The molecule has 1 N–H and O–H groups in total. The molecule has 0 aromatic rings. The first kappa shape index (κ1) is 18.9. The quantitative estimate of drug-likeness (QED) is 0.718. The van der Waals surface area contributed by atoms with Gasteiger partial charge in [0.2, 0.25) is 5.91 Å². The van der Waals surface area contributed by atoms with Crippen LogP contribution in [0.1, 0.15) is 41.0 Å². The van der Waals surface area contributed by atoms with Crippen LogP contribution >= 0.6 is 0 Å². The van der Waals surface area contributed by atoms with Crippen molar-refractivity contribution in [3.05, 3.63) is 0 Å². The molecule has 2 bridgehead atoms. The molecule has 9 heteroatoms. The molecule has 4 atom stereocenters. The van der Waals surface area contributed by atoms with Gasteiger partial charge in [0, 0.05) is 13.0 Å². The molecule has 1 unspecified atom stereocenters. The van der Waals surface area contributed by atoms with Gasteiger partial charge in [-0.05, 0) is 34.6 Å². The van der Waals surface area contributed by atoms with Crippen LogP contribution in [-0.4, -0.2) is 78.1 Å². The molecular formula is C18H28N2O7. The number of ether oxygens (including phenoxy) is 5. The third-order valence-corrected chi connectivity index (χ3v) is 5.43. The lowest BCUT2D eigenvalue weighted by atomic mass is 9.80. The summed E-state index contributed by atoms with van der Waals surface area (Å²) in [5.74, 6) is -0.820. The molecule has 5 rings (SSSR count). The number of rotatable bonds is 3.